The average Bonchev–Trinajstić information content (AvgIpc) is 2.47. The minimum absolute atomic E-state index is 0.345. The van der Waals surface area contributed by atoms with Crippen LogP contribution >= 0.6 is 0 Å². The molecule has 2 heterocycles. The second kappa shape index (κ2) is 5.27. The van der Waals surface area contributed by atoms with Crippen molar-refractivity contribution in [3.05, 3.63) is 47.9 Å². The van der Waals surface area contributed by atoms with E-state index in [2.05, 4.69) is 15.0 Å². The summed E-state index contributed by atoms with van der Waals surface area (Å²) in [6.45, 7) is 1.90. The first-order valence-corrected chi connectivity index (χ1v) is 5.88. The SMILES string of the molecule is CCC(N)(c1ccc(F)cn1)c1nccnc1OC. The van der Waals surface area contributed by atoms with Gasteiger partial charge in [0.2, 0.25) is 5.88 Å². The van der Waals surface area contributed by atoms with Crippen molar-refractivity contribution in [1.82, 2.24) is 15.0 Å². The van der Waals surface area contributed by atoms with Gasteiger partial charge in [0.1, 0.15) is 17.1 Å². The van der Waals surface area contributed by atoms with Gasteiger partial charge >= 0.3 is 0 Å². The van der Waals surface area contributed by atoms with Crippen molar-refractivity contribution in [2.45, 2.75) is 18.9 Å². The predicted molar refractivity (Wildman–Crippen MR) is 68.0 cm³/mol. The summed E-state index contributed by atoms with van der Waals surface area (Å²) in [5.41, 5.74) is 6.44. The number of nitrogens with two attached hydrogens (primary N) is 1. The lowest BCUT2D eigenvalue weighted by Gasteiger charge is -2.27. The van der Waals surface area contributed by atoms with Crippen molar-refractivity contribution in [2.75, 3.05) is 7.11 Å². The van der Waals surface area contributed by atoms with Crippen molar-refractivity contribution in [3.8, 4) is 5.88 Å². The lowest BCUT2D eigenvalue weighted by molar-refractivity contribution is 0.366. The highest BCUT2D eigenvalue weighted by Gasteiger charge is 2.34. The molecule has 0 aliphatic heterocycles. The van der Waals surface area contributed by atoms with Gasteiger partial charge in [0.05, 0.1) is 19.0 Å². The van der Waals surface area contributed by atoms with Gasteiger partial charge in [-0.05, 0) is 18.6 Å². The van der Waals surface area contributed by atoms with Crippen molar-refractivity contribution in [1.29, 1.82) is 0 Å². The summed E-state index contributed by atoms with van der Waals surface area (Å²) in [5, 5.41) is 0. The number of hydrogen-bond donors (Lipinski definition) is 1. The Labute approximate surface area is 110 Å². The van der Waals surface area contributed by atoms with Crippen LogP contribution in [0.4, 0.5) is 4.39 Å². The summed E-state index contributed by atoms with van der Waals surface area (Å²) in [6.07, 6.45) is 4.73. The number of halogens is 1. The Balaban J connectivity index is 2.56. The summed E-state index contributed by atoms with van der Waals surface area (Å²) in [4.78, 5) is 12.4. The monoisotopic (exact) mass is 262 g/mol. The van der Waals surface area contributed by atoms with E-state index in [1.165, 1.54) is 19.4 Å². The number of aromatic nitrogens is 3. The molecule has 0 saturated carbocycles. The van der Waals surface area contributed by atoms with Gasteiger partial charge in [-0.1, -0.05) is 6.92 Å². The first-order chi connectivity index (χ1) is 9.11. The molecule has 0 fully saturated rings. The molecule has 2 aromatic rings. The second-order valence-electron chi connectivity index (χ2n) is 4.10. The first kappa shape index (κ1) is 13.4. The molecule has 2 N–H and O–H groups in total. The highest BCUT2D eigenvalue weighted by Crippen LogP contribution is 2.32. The number of hydrogen-bond acceptors (Lipinski definition) is 5. The number of methoxy groups -OCH3 is 1. The second-order valence-corrected chi connectivity index (χ2v) is 4.10. The molecule has 100 valence electrons. The zero-order valence-electron chi connectivity index (χ0n) is 10.8. The average molecular weight is 262 g/mol. The van der Waals surface area contributed by atoms with E-state index in [-0.39, 0.29) is 0 Å². The predicted octanol–water partition coefficient (Wildman–Crippen LogP) is 1.63. The van der Waals surface area contributed by atoms with E-state index in [0.29, 0.717) is 23.7 Å². The van der Waals surface area contributed by atoms with Gasteiger partial charge in [-0.2, -0.15) is 0 Å². The Morgan fingerprint density at radius 2 is 2.00 bits per heavy atom. The molecule has 0 aliphatic rings. The largest absolute Gasteiger partial charge is 0.480 e. The van der Waals surface area contributed by atoms with Gasteiger partial charge in [-0.15, -0.1) is 0 Å². The van der Waals surface area contributed by atoms with Gasteiger partial charge in [0.25, 0.3) is 0 Å². The molecule has 0 spiro atoms. The highest BCUT2D eigenvalue weighted by atomic mass is 19.1. The third kappa shape index (κ3) is 2.39. The third-order valence-electron chi connectivity index (χ3n) is 3.02. The fourth-order valence-electron chi connectivity index (χ4n) is 1.89. The first-order valence-electron chi connectivity index (χ1n) is 5.88. The smallest absolute Gasteiger partial charge is 0.237 e. The summed E-state index contributed by atoms with van der Waals surface area (Å²) in [7, 11) is 1.50. The van der Waals surface area contributed by atoms with E-state index in [0.717, 1.165) is 6.20 Å². The van der Waals surface area contributed by atoms with Crippen LogP contribution in [0.15, 0.2) is 30.7 Å². The summed E-state index contributed by atoms with van der Waals surface area (Å²) >= 11 is 0. The van der Waals surface area contributed by atoms with E-state index >= 15 is 0 Å². The van der Waals surface area contributed by atoms with Gasteiger partial charge in [-0.25, -0.2) is 9.37 Å². The van der Waals surface area contributed by atoms with Crippen molar-refractivity contribution < 1.29 is 9.13 Å². The molecule has 5 nitrogen and oxygen atoms in total. The van der Waals surface area contributed by atoms with Gasteiger partial charge < -0.3 is 10.5 Å². The quantitative estimate of drug-likeness (QED) is 0.906. The molecule has 0 bridgehead atoms. The normalized spacial score (nSPS) is 13.9. The van der Waals surface area contributed by atoms with Crippen LogP contribution in [0.5, 0.6) is 5.88 Å². The number of pyridine rings is 1. The van der Waals surface area contributed by atoms with Gasteiger partial charge in [0.15, 0.2) is 0 Å². The van der Waals surface area contributed by atoms with Crippen LogP contribution in [0.1, 0.15) is 24.7 Å². The van der Waals surface area contributed by atoms with Crippen LogP contribution in [0, 0.1) is 5.82 Å². The maximum absolute atomic E-state index is 13.0. The number of nitrogens with zero attached hydrogens (tertiary/aromatic N) is 3. The molecule has 2 aromatic heterocycles. The van der Waals surface area contributed by atoms with Crippen LogP contribution in [-0.4, -0.2) is 22.1 Å². The molecule has 0 aliphatic carbocycles. The zero-order chi connectivity index (χ0) is 13.9. The summed E-state index contributed by atoms with van der Waals surface area (Å²) in [5.74, 6) is -0.0636. The summed E-state index contributed by atoms with van der Waals surface area (Å²) < 4.78 is 18.2. The van der Waals surface area contributed by atoms with E-state index in [4.69, 9.17) is 10.5 Å². The van der Waals surface area contributed by atoms with Crippen LogP contribution in [0.3, 0.4) is 0 Å². The Kier molecular flexibility index (Phi) is 3.71. The van der Waals surface area contributed by atoms with Gasteiger partial charge in [-0.3, -0.25) is 9.97 Å². The fourth-order valence-corrected chi connectivity index (χ4v) is 1.89. The van der Waals surface area contributed by atoms with Crippen molar-refractivity contribution >= 4 is 0 Å². The van der Waals surface area contributed by atoms with Gasteiger partial charge in [0, 0.05) is 12.4 Å². The summed E-state index contributed by atoms with van der Waals surface area (Å²) in [6, 6.07) is 2.87. The lowest BCUT2D eigenvalue weighted by Crippen LogP contribution is -2.39. The number of ether oxygens (including phenoxy) is 1. The minimum atomic E-state index is -0.965. The Hall–Kier alpha value is -2.08. The van der Waals surface area contributed by atoms with E-state index in [1.54, 1.807) is 12.3 Å². The molecule has 1 atom stereocenters. The molecule has 0 amide bonds. The van der Waals surface area contributed by atoms with Crippen LogP contribution in [0.2, 0.25) is 0 Å². The molecule has 0 radical (unpaired) electrons. The Morgan fingerprint density at radius 3 is 2.58 bits per heavy atom. The molecular formula is C13H15FN4O. The molecule has 6 heteroatoms. The Bertz CT molecular complexity index is 561. The maximum atomic E-state index is 13.0. The van der Waals surface area contributed by atoms with Crippen molar-refractivity contribution in [3.63, 3.8) is 0 Å². The minimum Gasteiger partial charge on any atom is -0.480 e. The molecule has 0 saturated heterocycles. The molecule has 1 unspecified atom stereocenters. The highest BCUT2D eigenvalue weighted by molar-refractivity contribution is 5.35. The van der Waals surface area contributed by atoms with Crippen LogP contribution in [0.25, 0.3) is 0 Å². The Morgan fingerprint density at radius 1 is 1.26 bits per heavy atom. The molecule has 19 heavy (non-hydrogen) atoms. The van der Waals surface area contributed by atoms with E-state index in [9.17, 15) is 4.39 Å². The zero-order valence-corrected chi connectivity index (χ0v) is 10.8. The maximum Gasteiger partial charge on any atom is 0.237 e. The molecular weight excluding hydrogens is 247 g/mol. The molecule has 2 rings (SSSR count). The third-order valence-corrected chi connectivity index (χ3v) is 3.02. The van der Waals surface area contributed by atoms with Crippen LogP contribution in [-0.2, 0) is 5.54 Å². The molecule has 0 aromatic carbocycles. The standard InChI is InChI=1S/C13H15FN4O/c1-3-13(15,10-5-4-9(14)8-18-10)11-12(19-2)17-7-6-16-11/h4-8H,3,15H2,1-2H3. The number of rotatable bonds is 4. The van der Waals surface area contributed by atoms with E-state index in [1.807, 2.05) is 6.92 Å². The topological polar surface area (TPSA) is 73.9 Å². The lowest BCUT2D eigenvalue weighted by atomic mass is 9.88. The van der Waals surface area contributed by atoms with Crippen molar-refractivity contribution in [2.24, 2.45) is 5.73 Å². The van der Waals surface area contributed by atoms with E-state index < -0.39 is 11.4 Å². The fraction of sp³-hybridized carbons (Fsp3) is 0.308. The van der Waals surface area contributed by atoms with Crippen LogP contribution < -0.4 is 10.5 Å².